The zero-order valence-corrected chi connectivity index (χ0v) is 61.3. The maximum atomic E-state index is 14.9. The van der Waals surface area contributed by atoms with E-state index in [2.05, 4.69) is 63.1 Å². The first-order valence-electron chi connectivity index (χ1n) is 34.2. The smallest absolute Gasteiger partial charge is 0.328 e. The predicted molar refractivity (Wildman–Crippen MR) is 387 cm³/mol. The number of carbonyl (C=O) groups excluding carboxylic acids is 14. The van der Waals surface area contributed by atoms with Gasteiger partial charge in [-0.3, -0.25) is 81.1 Å². The van der Waals surface area contributed by atoms with Gasteiger partial charge in [0.05, 0.1) is 25.0 Å². The highest BCUT2D eigenvalue weighted by Gasteiger charge is 2.39. The molecular formula is C67H101N19O20S. The monoisotopic (exact) mass is 1520 g/mol. The maximum absolute atomic E-state index is 14.9. The lowest BCUT2D eigenvalue weighted by molar-refractivity contribution is -0.145. The summed E-state index contributed by atoms with van der Waals surface area (Å²) < 4.78 is 12.4. The van der Waals surface area contributed by atoms with Gasteiger partial charge in [-0.15, -0.1) is 0 Å². The molecule has 590 valence electrons. The number of carboxylic acids is 2. The van der Waals surface area contributed by atoms with Crippen LogP contribution >= 0.6 is 0 Å². The fourth-order valence-electron chi connectivity index (χ4n) is 10.6. The first-order valence-corrected chi connectivity index (χ1v) is 35.9. The van der Waals surface area contributed by atoms with E-state index >= 15 is 0 Å². The Bertz CT molecular complexity index is 3700. The molecule has 0 radical (unpaired) electrons. The van der Waals surface area contributed by atoms with Crippen LogP contribution in [-0.2, 0) is 100 Å². The summed E-state index contributed by atoms with van der Waals surface area (Å²) in [5, 5.41) is 56.7. The van der Waals surface area contributed by atoms with E-state index in [9.17, 15) is 96.2 Å². The molecule has 0 aliphatic rings. The van der Waals surface area contributed by atoms with Crippen LogP contribution in [-0.4, -0.2) is 222 Å². The van der Waals surface area contributed by atoms with Crippen LogP contribution in [0.2, 0.25) is 0 Å². The van der Waals surface area contributed by atoms with Crippen molar-refractivity contribution in [2.75, 3.05) is 18.6 Å². The van der Waals surface area contributed by atoms with Gasteiger partial charge in [-0.1, -0.05) is 76.2 Å². The molecule has 1 heterocycles. The Labute approximate surface area is 618 Å². The van der Waals surface area contributed by atoms with E-state index in [0.29, 0.717) is 28.5 Å². The molecular weight excluding hydrogens is 1420 g/mol. The lowest BCUT2D eigenvalue weighted by atomic mass is 9.99. The van der Waals surface area contributed by atoms with E-state index < -0.39 is 234 Å². The van der Waals surface area contributed by atoms with E-state index in [-0.39, 0.29) is 50.4 Å². The minimum atomic E-state index is -2.02. The van der Waals surface area contributed by atoms with E-state index in [4.69, 9.17) is 34.4 Å². The average molecular weight is 1520 g/mol. The summed E-state index contributed by atoms with van der Waals surface area (Å²) in [6.07, 6.45) is -3.72. The van der Waals surface area contributed by atoms with Crippen molar-refractivity contribution < 1.29 is 96.2 Å². The summed E-state index contributed by atoms with van der Waals surface area (Å²) in [6.45, 7) is 8.80. The van der Waals surface area contributed by atoms with Gasteiger partial charge in [0, 0.05) is 72.1 Å². The molecule has 1 unspecified atom stereocenters. The zero-order valence-electron chi connectivity index (χ0n) is 60.4. The molecule has 3 rings (SSSR count). The van der Waals surface area contributed by atoms with Gasteiger partial charge in [-0.25, -0.2) is 4.79 Å². The molecule has 0 aliphatic heterocycles. The van der Waals surface area contributed by atoms with Crippen LogP contribution in [0.4, 0.5) is 0 Å². The van der Waals surface area contributed by atoms with Crippen LogP contribution in [0.3, 0.4) is 0 Å². The first kappa shape index (κ1) is 90.1. The molecule has 39 nitrogen and oxygen atoms in total. The van der Waals surface area contributed by atoms with Crippen LogP contribution < -0.4 is 92.9 Å². The highest BCUT2D eigenvalue weighted by Crippen LogP contribution is 2.21. The number of aromatic nitrogens is 1. The third kappa shape index (κ3) is 32.4. The SMILES string of the molecule is CC(C)C[C@H](NC(=O)[C@H](Cc1c[nH]c2ccccc12)NC(=O)[C@H](CCC(N)=O)NC(=O)[C@@H](NC(=O)[C@H](Cc1ccccc1)NC(=O)[C@H](CC(=O)O)NC(=O)[C@H](CCC(N)=O)NC(=O)[C@H](C)NC(=O)[C@@H](N)CCCN=C(N)N)C(C)C)C(=O)N[C@@H](CCS(C)=O)C(=O)N[C@@H](CC(N)=O)C(=O)N[C@H](C(=O)O)[C@@H](C)O. The van der Waals surface area contributed by atoms with Crippen molar-refractivity contribution in [2.45, 2.75) is 197 Å². The standard InChI is InChI=1S/C67H101N19O20S/c1-32(2)26-44(60(98)78-43(23-25-107(7)106)59(97)83-47(29-51(71)90)64(102)86-54(35(6)87)66(104)105)80-61(99)46(28-37-31-75-40-18-12-11-16-38(37)40)82-58(96)42(20-22-50(70)89)79-65(103)53(33(3)4)85-63(101)45(27-36-14-9-8-10-15-36)81-62(100)48(30-52(91)92)84-57(95)41(19-21-49(69)88)77-55(93)34(5)76-56(94)39(68)17-13-24-74-67(72)73/h8-12,14-16,18,31-35,39,41-48,53-54,75,87H,13,17,19-30,68H2,1-7H3,(H2,69,88)(H2,70,89)(H2,71,90)(H,76,94)(H,77,93)(H,78,98)(H,79,103)(H,80,99)(H,81,100)(H,82,96)(H,83,97)(H,84,95)(H,85,101)(H,86,102)(H,91,92)(H,104,105)(H4,72,73,74)/t34-,35+,39-,41-,42-,43-,44-,45-,46-,47-,48-,53-,54-,107?/m0/s1. The Morgan fingerprint density at radius 1 is 0.486 bits per heavy atom. The molecule has 0 saturated carbocycles. The molecule has 14 atom stereocenters. The molecule has 107 heavy (non-hydrogen) atoms. The number of aliphatic hydroxyl groups excluding tert-OH is 1. The van der Waals surface area contributed by atoms with Gasteiger partial charge in [-0.2, -0.15) is 0 Å². The Morgan fingerprint density at radius 3 is 1.45 bits per heavy atom. The fourth-order valence-corrected chi connectivity index (χ4v) is 11.2. The van der Waals surface area contributed by atoms with E-state index in [1.54, 1.807) is 74.6 Å². The number of hydrogen-bond acceptors (Lipinski definition) is 20. The van der Waals surface area contributed by atoms with Gasteiger partial charge in [0.15, 0.2) is 12.0 Å². The van der Waals surface area contributed by atoms with Crippen LogP contribution in [0, 0.1) is 11.8 Å². The number of aliphatic imine (C=N–C) groups is 1. The van der Waals surface area contributed by atoms with Gasteiger partial charge in [0.25, 0.3) is 0 Å². The van der Waals surface area contributed by atoms with Gasteiger partial charge < -0.3 is 113 Å². The summed E-state index contributed by atoms with van der Waals surface area (Å²) in [5.74, 6) is -19.9. The molecule has 2 aromatic carbocycles. The number of amides is 14. The van der Waals surface area contributed by atoms with Gasteiger partial charge in [-0.05, 0) is 81.4 Å². The number of para-hydroxylation sites is 1. The molecule has 14 amide bonds. The van der Waals surface area contributed by atoms with Gasteiger partial charge in [0.1, 0.15) is 60.4 Å². The number of fused-ring (bicyclic) bond motifs is 1. The summed E-state index contributed by atoms with van der Waals surface area (Å²) in [7, 11) is -1.61. The highest BCUT2D eigenvalue weighted by molar-refractivity contribution is 7.84. The van der Waals surface area contributed by atoms with Crippen molar-refractivity contribution in [1.82, 2.24) is 63.5 Å². The summed E-state index contributed by atoms with van der Waals surface area (Å²) >= 11 is 0. The van der Waals surface area contributed by atoms with E-state index in [0.717, 1.165) is 6.92 Å². The number of guanidine groups is 1. The fraction of sp³-hybridized carbons (Fsp3) is 0.537. The van der Waals surface area contributed by atoms with E-state index in [1.165, 1.54) is 27.0 Å². The number of hydrogen-bond donors (Lipinski definition) is 21. The third-order valence-electron chi connectivity index (χ3n) is 16.3. The Morgan fingerprint density at radius 2 is 0.935 bits per heavy atom. The minimum Gasteiger partial charge on any atom is -0.481 e. The third-order valence-corrected chi connectivity index (χ3v) is 17.1. The van der Waals surface area contributed by atoms with Crippen LogP contribution in [0.1, 0.15) is 117 Å². The molecule has 0 fully saturated rings. The predicted octanol–water partition coefficient (Wildman–Crippen LogP) is -6.50. The van der Waals surface area contributed by atoms with Crippen LogP contribution in [0.5, 0.6) is 0 Å². The minimum absolute atomic E-state index is 0.102. The zero-order chi connectivity index (χ0) is 80.5. The quantitative estimate of drug-likeness (QED) is 0.0142. The number of benzene rings is 2. The number of nitrogens with two attached hydrogens (primary N) is 6. The van der Waals surface area contributed by atoms with Crippen LogP contribution in [0.25, 0.3) is 10.9 Å². The molecule has 27 N–H and O–H groups in total. The van der Waals surface area contributed by atoms with Crippen molar-refractivity contribution in [3.8, 4) is 0 Å². The van der Waals surface area contributed by atoms with Crippen molar-refractivity contribution in [2.24, 2.45) is 51.2 Å². The second-order valence-corrected chi connectivity index (χ2v) is 27.9. The molecule has 1 aromatic heterocycles. The molecule has 0 saturated heterocycles. The number of H-pyrrole nitrogens is 1. The number of carbonyl (C=O) groups is 16. The number of aliphatic hydroxyl groups is 1. The highest BCUT2D eigenvalue weighted by atomic mass is 32.2. The van der Waals surface area contributed by atoms with Crippen molar-refractivity contribution in [1.29, 1.82) is 0 Å². The summed E-state index contributed by atoms with van der Waals surface area (Å²) in [4.78, 5) is 223. The number of aromatic amines is 1. The number of nitrogens with zero attached hydrogens (tertiary/aromatic N) is 1. The Kier molecular flexibility index (Phi) is 37.5. The number of rotatable bonds is 48. The number of carboxylic acid groups (broad SMARTS) is 2. The number of nitrogens with one attached hydrogen (secondary N) is 12. The van der Waals surface area contributed by atoms with Gasteiger partial charge in [0.2, 0.25) is 82.7 Å². The molecule has 0 aliphatic carbocycles. The molecule has 0 bridgehead atoms. The van der Waals surface area contributed by atoms with Crippen LogP contribution in [0.15, 0.2) is 65.8 Å². The lowest BCUT2D eigenvalue weighted by Gasteiger charge is -2.29. The molecule has 3 aromatic rings. The second-order valence-electron chi connectivity index (χ2n) is 26.3. The second kappa shape index (κ2) is 44.6. The van der Waals surface area contributed by atoms with Gasteiger partial charge >= 0.3 is 11.9 Å². The van der Waals surface area contributed by atoms with Crippen molar-refractivity contribution >= 4 is 122 Å². The largest absolute Gasteiger partial charge is 0.481 e. The first-order chi connectivity index (χ1) is 50.2. The number of aliphatic carboxylic acids is 2. The number of primary amides is 3. The molecule has 0 spiro atoms. The molecule has 40 heteroatoms. The maximum Gasteiger partial charge on any atom is 0.328 e. The summed E-state index contributed by atoms with van der Waals surface area (Å²) in [6, 6.07) is -5.07. The Balaban J connectivity index is 2.03. The lowest BCUT2D eigenvalue weighted by Crippen LogP contribution is -2.62. The van der Waals surface area contributed by atoms with E-state index in [1.807, 2.05) is 5.32 Å². The average Bonchev–Trinajstić information content (AvgIpc) is 1.81. The van der Waals surface area contributed by atoms with Crippen molar-refractivity contribution in [3.05, 3.63) is 71.9 Å². The Hall–Kier alpha value is -11.2. The summed E-state index contributed by atoms with van der Waals surface area (Å²) in [5.41, 5.74) is 34.4. The topological polar surface area (TPSA) is 667 Å². The van der Waals surface area contributed by atoms with Crippen molar-refractivity contribution in [3.63, 3.8) is 0 Å². The normalized spacial score (nSPS) is 15.1.